The van der Waals surface area contributed by atoms with Gasteiger partial charge < -0.3 is 33.5 Å². The van der Waals surface area contributed by atoms with Crippen LogP contribution in [0.1, 0.15) is 17.2 Å². The standard InChI is InChI=1S/C23H30O7/c24-23(19-4-2-1-3-5-19)20-6-7-21-22(18-20)30-17-15-28-13-11-26-9-8-25-10-12-27-14-16-29-21/h1-7,18,23-24H,8-17H2. The largest absolute Gasteiger partial charge is 0.487 e. The topological polar surface area (TPSA) is 75.6 Å². The number of hydrogen-bond acceptors (Lipinski definition) is 7. The molecule has 7 nitrogen and oxygen atoms in total. The minimum Gasteiger partial charge on any atom is -0.487 e. The fraction of sp³-hybridized carbons (Fsp3) is 0.478. The van der Waals surface area contributed by atoms with Crippen molar-refractivity contribution >= 4 is 0 Å². The maximum absolute atomic E-state index is 10.7. The molecule has 0 bridgehead atoms. The summed E-state index contributed by atoms with van der Waals surface area (Å²) < 4.78 is 33.7. The molecule has 1 atom stereocenters. The summed E-state index contributed by atoms with van der Waals surface area (Å²) in [6, 6.07) is 15.0. The number of aliphatic hydroxyl groups is 1. The number of hydrogen-bond donors (Lipinski definition) is 1. The van der Waals surface area contributed by atoms with Crippen molar-refractivity contribution in [3.63, 3.8) is 0 Å². The van der Waals surface area contributed by atoms with Crippen molar-refractivity contribution in [1.29, 1.82) is 0 Å². The SMILES string of the molecule is OC(c1ccccc1)c1ccc2c(c1)OCCOCCOCCOCCOCCO2. The van der Waals surface area contributed by atoms with Gasteiger partial charge in [-0.3, -0.25) is 0 Å². The Morgan fingerprint density at radius 2 is 1.03 bits per heavy atom. The lowest BCUT2D eigenvalue weighted by Gasteiger charge is -2.17. The zero-order valence-electron chi connectivity index (χ0n) is 17.2. The van der Waals surface area contributed by atoms with Crippen LogP contribution in [0.4, 0.5) is 0 Å². The molecule has 0 aliphatic carbocycles. The van der Waals surface area contributed by atoms with Gasteiger partial charge in [-0.2, -0.15) is 0 Å². The molecule has 3 rings (SSSR count). The van der Waals surface area contributed by atoms with Crippen molar-refractivity contribution in [3.05, 3.63) is 59.7 Å². The third kappa shape index (κ3) is 7.59. The fourth-order valence-corrected chi connectivity index (χ4v) is 2.94. The van der Waals surface area contributed by atoms with Crippen molar-refractivity contribution < 1.29 is 33.5 Å². The van der Waals surface area contributed by atoms with Crippen LogP contribution in [0.15, 0.2) is 48.5 Å². The zero-order valence-corrected chi connectivity index (χ0v) is 17.2. The molecule has 1 N–H and O–H groups in total. The lowest BCUT2D eigenvalue weighted by atomic mass is 10.0. The maximum Gasteiger partial charge on any atom is 0.161 e. The van der Waals surface area contributed by atoms with Gasteiger partial charge >= 0.3 is 0 Å². The molecule has 30 heavy (non-hydrogen) atoms. The molecule has 1 aliphatic heterocycles. The van der Waals surface area contributed by atoms with E-state index in [2.05, 4.69) is 0 Å². The Balaban J connectivity index is 1.65. The van der Waals surface area contributed by atoms with Crippen LogP contribution in [0.25, 0.3) is 0 Å². The van der Waals surface area contributed by atoms with Crippen molar-refractivity contribution in [2.75, 3.05) is 66.1 Å². The molecule has 0 saturated heterocycles. The predicted molar refractivity (Wildman–Crippen MR) is 111 cm³/mol. The summed E-state index contributed by atoms with van der Waals surface area (Å²) in [5.41, 5.74) is 1.55. The van der Waals surface area contributed by atoms with Crippen LogP contribution in [0.5, 0.6) is 11.5 Å². The molecule has 7 heteroatoms. The quantitative estimate of drug-likeness (QED) is 0.803. The molecule has 0 radical (unpaired) electrons. The Kier molecular flexibility index (Phi) is 9.91. The molecule has 1 heterocycles. The lowest BCUT2D eigenvalue weighted by Crippen LogP contribution is -2.16. The predicted octanol–water partition coefficient (Wildman–Crippen LogP) is 2.61. The van der Waals surface area contributed by atoms with Crippen LogP contribution in [-0.4, -0.2) is 71.2 Å². The molecule has 0 spiro atoms. The van der Waals surface area contributed by atoms with Crippen LogP contribution in [0.3, 0.4) is 0 Å². The molecule has 0 fully saturated rings. The highest BCUT2D eigenvalue weighted by atomic mass is 16.6. The van der Waals surface area contributed by atoms with Gasteiger partial charge in [0, 0.05) is 0 Å². The average molecular weight is 418 g/mol. The second-order valence-corrected chi connectivity index (χ2v) is 6.67. The molecule has 2 aromatic carbocycles. The van der Waals surface area contributed by atoms with Crippen LogP contribution in [0, 0.1) is 0 Å². The first-order chi connectivity index (χ1) is 14.8. The molecular formula is C23H30O7. The molecule has 0 saturated carbocycles. The Bertz CT molecular complexity index is 723. The van der Waals surface area contributed by atoms with Crippen molar-refractivity contribution in [1.82, 2.24) is 0 Å². The smallest absolute Gasteiger partial charge is 0.161 e. The van der Waals surface area contributed by atoms with Gasteiger partial charge in [0.1, 0.15) is 19.3 Å². The van der Waals surface area contributed by atoms with E-state index in [0.29, 0.717) is 77.6 Å². The number of rotatable bonds is 2. The van der Waals surface area contributed by atoms with Gasteiger partial charge in [0.15, 0.2) is 11.5 Å². The number of fused-ring (bicyclic) bond motifs is 1. The highest BCUT2D eigenvalue weighted by Crippen LogP contribution is 2.32. The van der Waals surface area contributed by atoms with Crippen molar-refractivity contribution in [3.8, 4) is 11.5 Å². The first-order valence-electron chi connectivity index (χ1n) is 10.3. The third-order valence-electron chi connectivity index (χ3n) is 4.49. The summed E-state index contributed by atoms with van der Waals surface area (Å²) in [6.45, 7) is 4.69. The van der Waals surface area contributed by atoms with Crippen molar-refractivity contribution in [2.45, 2.75) is 6.10 Å². The number of ether oxygens (including phenoxy) is 6. The van der Waals surface area contributed by atoms with E-state index in [4.69, 9.17) is 28.4 Å². The summed E-state index contributed by atoms with van der Waals surface area (Å²) >= 11 is 0. The minimum absolute atomic E-state index is 0.362. The second-order valence-electron chi connectivity index (χ2n) is 6.67. The fourth-order valence-electron chi connectivity index (χ4n) is 2.94. The first kappa shape index (κ1) is 22.5. The van der Waals surface area contributed by atoms with Gasteiger partial charge in [0.05, 0.1) is 52.9 Å². The van der Waals surface area contributed by atoms with E-state index in [1.807, 2.05) is 48.5 Å². The number of benzene rings is 2. The van der Waals surface area contributed by atoms with Gasteiger partial charge in [0.2, 0.25) is 0 Å². The van der Waals surface area contributed by atoms with Gasteiger partial charge in [-0.15, -0.1) is 0 Å². The Labute approximate surface area is 177 Å². The lowest BCUT2D eigenvalue weighted by molar-refractivity contribution is -0.00842. The summed E-state index contributed by atoms with van der Waals surface area (Å²) in [5.74, 6) is 1.16. The monoisotopic (exact) mass is 418 g/mol. The second kappa shape index (κ2) is 13.2. The van der Waals surface area contributed by atoms with Crippen LogP contribution >= 0.6 is 0 Å². The van der Waals surface area contributed by atoms with Gasteiger partial charge in [-0.25, -0.2) is 0 Å². The molecule has 0 aromatic heterocycles. The van der Waals surface area contributed by atoms with Crippen LogP contribution < -0.4 is 9.47 Å². The molecule has 1 unspecified atom stereocenters. The Morgan fingerprint density at radius 3 is 1.60 bits per heavy atom. The van der Waals surface area contributed by atoms with E-state index >= 15 is 0 Å². The highest BCUT2D eigenvalue weighted by Gasteiger charge is 2.14. The molecule has 0 amide bonds. The summed E-state index contributed by atoms with van der Waals surface area (Å²) in [5, 5.41) is 10.7. The van der Waals surface area contributed by atoms with Gasteiger partial charge in [-0.1, -0.05) is 36.4 Å². The summed E-state index contributed by atoms with van der Waals surface area (Å²) in [6.07, 6.45) is -0.745. The maximum atomic E-state index is 10.7. The van der Waals surface area contributed by atoms with E-state index in [9.17, 15) is 5.11 Å². The Morgan fingerprint density at radius 1 is 0.533 bits per heavy atom. The average Bonchev–Trinajstić information content (AvgIpc) is 2.79. The van der Waals surface area contributed by atoms with E-state index in [1.165, 1.54) is 0 Å². The van der Waals surface area contributed by atoms with Crippen molar-refractivity contribution in [2.24, 2.45) is 0 Å². The molecule has 164 valence electrons. The number of aliphatic hydroxyl groups excluding tert-OH is 1. The third-order valence-corrected chi connectivity index (χ3v) is 4.49. The minimum atomic E-state index is -0.745. The summed E-state index contributed by atoms with van der Waals surface area (Å²) in [7, 11) is 0. The molecular weight excluding hydrogens is 388 g/mol. The van der Waals surface area contributed by atoms with Gasteiger partial charge in [-0.05, 0) is 23.3 Å². The van der Waals surface area contributed by atoms with E-state index in [-0.39, 0.29) is 0 Å². The molecule has 2 aromatic rings. The molecule has 1 aliphatic rings. The zero-order chi connectivity index (χ0) is 20.9. The highest BCUT2D eigenvalue weighted by molar-refractivity contribution is 5.45. The first-order valence-corrected chi connectivity index (χ1v) is 10.3. The normalized spacial score (nSPS) is 18.7. The van der Waals surface area contributed by atoms with E-state index < -0.39 is 6.10 Å². The van der Waals surface area contributed by atoms with E-state index in [0.717, 1.165) is 11.1 Å². The van der Waals surface area contributed by atoms with E-state index in [1.54, 1.807) is 0 Å². The van der Waals surface area contributed by atoms with Crippen LogP contribution in [0.2, 0.25) is 0 Å². The summed E-state index contributed by atoms with van der Waals surface area (Å²) in [4.78, 5) is 0. The van der Waals surface area contributed by atoms with Crippen LogP contribution in [-0.2, 0) is 18.9 Å². The Hall–Kier alpha value is -2.16. The van der Waals surface area contributed by atoms with Gasteiger partial charge in [0.25, 0.3) is 0 Å².